The molecule has 1 aromatic rings. The van der Waals surface area contributed by atoms with Crippen LogP contribution in [0, 0.1) is 5.92 Å². The van der Waals surface area contributed by atoms with Gasteiger partial charge in [0.1, 0.15) is 5.01 Å². The molecule has 100 valence electrons. The first-order chi connectivity index (χ1) is 8.56. The molecule has 0 aliphatic carbocycles. The quantitative estimate of drug-likeness (QED) is 0.912. The minimum absolute atomic E-state index is 0.0280. The normalized spacial score (nSPS) is 19.9. The van der Waals surface area contributed by atoms with Crippen LogP contribution in [0.5, 0.6) is 0 Å². The van der Waals surface area contributed by atoms with Gasteiger partial charge in [0, 0.05) is 5.38 Å². The van der Waals surface area contributed by atoms with E-state index in [-0.39, 0.29) is 6.42 Å². The molecule has 1 N–H and O–H groups in total. The summed E-state index contributed by atoms with van der Waals surface area (Å²) in [6.45, 7) is 6.71. The molecule has 0 aromatic carbocycles. The molecular weight excluding hydrogens is 248 g/mol. The minimum atomic E-state index is -0.814. The van der Waals surface area contributed by atoms with Crippen LogP contribution < -0.4 is 0 Å². The maximum Gasteiger partial charge on any atom is 0.309 e. The lowest BCUT2D eigenvalue weighted by Gasteiger charge is -2.33. The molecule has 4 nitrogen and oxygen atoms in total. The fourth-order valence-electron chi connectivity index (χ4n) is 2.32. The SMILES string of the molecule is CC1CCN(C(C)c2nc(CC(=O)O)cs2)CC1. The van der Waals surface area contributed by atoms with E-state index >= 15 is 0 Å². The Morgan fingerprint density at radius 1 is 1.61 bits per heavy atom. The molecule has 18 heavy (non-hydrogen) atoms. The van der Waals surface area contributed by atoms with Crippen molar-refractivity contribution in [1.29, 1.82) is 0 Å². The van der Waals surface area contributed by atoms with E-state index in [0.717, 1.165) is 24.0 Å². The fraction of sp³-hybridized carbons (Fsp3) is 0.692. The van der Waals surface area contributed by atoms with Gasteiger partial charge in [0.2, 0.25) is 0 Å². The number of hydrogen-bond acceptors (Lipinski definition) is 4. The highest BCUT2D eigenvalue weighted by atomic mass is 32.1. The molecule has 0 radical (unpaired) electrons. The maximum atomic E-state index is 10.6. The first-order valence-electron chi connectivity index (χ1n) is 6.46. The third-order valence-electron chi connectivity index (χ3n) is 3.63. The number of carbonyl (C=O) groups is 1. The Hall–Kier alpha value is -0.940. The topological polar surface area (TPSA) is 53.4 Å². The summed E-state index contributed by atoms with van der Waals surface area (Å²) >= 11 is 1.58. The Bertz CT molecular complexity index is 411. The Labute approximate surface area is 112 Å². The molecule has 1 aliphatic rings. The van der Waals surface area contributed by atoms with Gasteiger partial charge in [0.15, 0.2) is 0 Å². The smallest absolute Gasteiger partial charge is 0.309 e. The first-order valence-corrected chi connectivity index (χ1v) is 7.34. The van der Waals surface area contributed by atoms with E-state index < -0.39 is 5.97 Å². The molecule has 1 aromatic heterocycles. The first kappa shape index (κ1) is 13.5. The number of carboxylic acid groups (broad SMARTS) is 1. The van der Waals surface area contributed by atoms with Crippen LogP contribution in [0.25, 0.3) is 0 Å². The standard InChI is InChI=1S/C13H20N2O2S/c1-9-3-5-15(6-4-9)10(2)13-14-11(8-18-13)7-12(16)17/h8-10H,3-7H2,1-2H3,(H,16,17). The number of aromatic nitrogens is 1. The molecule has 5 heteroatoms. The van der Waals surface area contributed by atoms with Gasteiger partial charge >= 0.3 is 5.97 Å². The third-order valence-corrected chi connectivity index (χ3v) is 4.69. The molecule has 0 bridgehead atoms. The Balaban J connectivity index is 1.98. The van der Waals surface area contributed by atoms with Crippen LogP contribution >= 0.6 is 11.3 Å². The van der Waals surface area contributed by atoms with E-state index in [1.807, 2.05) is 5.38 Å². The summed E-state index contributed by atoms with van der Waals surface area (Å²) in [6.07, 6.45) is 2.52. The fourth-order valence-corrected chi connectivity index (χ4v) is 3.23. The summed E-state index contributed by atoms with van der Waals surface area (Å²) in [5.74, 6) is 0.0126. The van der Waals surface area contributed by atoms with Crippen molar-refractivity contribution in [3.8, 4) is 0 Å². The Morgan fingerprint density at radius 2 is 2.28 bits per heavy atom. The van der Waals surface area contributed by atoms with Crippen LogP contribution in [-0.4, -0.2) is 34.0 Å². The highest BCUT2D eigenvalue weighted by Gasteiger charge is 2.23. The van der Waals surface area contributed by atoms with E-state index in [0.29, 0.717) is 11.7 Å². The zero-order valence-electron chi connectivity index (χ0n) is 10.9. The lowest BCUT2D eigenvalue weighted by molar-refractivity contribution is -0.136. The zero-order valence-corrected chi connectivity index (χ0v) is 11.7. The van der Waals surface area contributed by atoms with E-state index in [4.69, 9.17) is 5.11 Å². The van der Waals surface area contributed by atoms with Gasteiger partial charge in [-0.25, -0.2) is 4.98 Å². The summed E-state index contributed by atoms with van der Waals surface area (Å²) in [6, 6.07) is 0.310. The van der Waals surface area contributed by atoms with Crippen LogP contribution in [0.4, 0.5) is 0 Å². The lowest BCUT2D eigenvalue weighted by Crippen LogP contribution is -2.34. The van der Waals surface area contributed by atoms with E-state index in [1.54, 1.807) is 11.3 Å². The summed E-state index contributed by atoms with van der Waals surface area (Å²) in [5, 5.41) is 11.7. The van der Waals surface area contributed by atoms with Crippen LogP contribution in [0.1, 0.15) is 43.4 Å². The van der Waals surface area contributed by atoms with E-state index in [9.17, 15) is 4.79 Å². The van der Waals surface area contributed by atoms with E-state index in [1.165, 1.54) is 12.8 Å². The molecule has 2 heterocycles. The monoisotopic (exact) mass is 268 g/mol. The molecule has 0 spiro atoms. The van der Waals surface area contributed by atoms with Crippen molar-refractivity contribution in [2.24, 2.45) is 5.92 Å². The highest BCUT2D eigenvalue weighted by molar-refractivity contribution is 7.09. The number of aliphatic carboxylic acids is 1. The van der Waals surface area contributed by atoms with Crippen molar-refractivity contribution < 1.29 is 9.90 Å². The molecule has 0 saturated carbocycles. The highest BCUT2D eigenvalue weighted by Crippen LogP contribution is 2.28. The zero-order chi connectivity index (χ0) is 13.1. The molecule has 1 aliphatic heterocycles. The number of hydrogen-bond donors (Lipinski definition) is 1. The number of nitrogens with zero attached hydrogens (tertiary/aromatic N) is 2. The Morgan fingerprint density at radius 3 is 2.89 bits per heavy atom. The van der Waals surface area contributed by atoms with Crippen LogP contribution in [0.2, 0.25) is 0 Å². The number of rotatable bonds is 4. The van der Waals surface area contributed by atoms with Crippen molar-refractivity contribution in [3.63, 3.8) is 0 Å². The molecule has 1 saturated heterocycles. The summed E-state index contributed by atoms with van der Waals surface area (Å²) in [5.41, 5.74) is 0.680. The average molecular weight is 268 g/mol. The van der Waals surface area contributed by atoms with Crippen molar-refractivity contribution in [3.05, 3.63) is 16.1 Å². The second kappa shape index (κ2) is 5.80. The summed E-state index contributed by atoms with van der Waals surface area (Å²) < 4.78 is 0. The second-order valence-corrected chi connectivity index (χ2v) is 6.03. The molecule has 1 unspecified atom stereocenters. The third kappa shape index (κ3) is 3.29. The molecule has 2 rings (SSSR count). The minimum Gasteiger partial charge on any atom is -0.481 e. The van der Waals surface area contributed by atoms with Crippen molar-refractivity contribution in [1.82, 2.24) is 9.88 Å². The predicted octanol–water partition coefficient (Wildman–Crippen LogP) is 2.56. The van der Waals surface area contributed by atoms with Gasteiger partial charge < -0.3 is 5.11 Å². The lowest BCUT2D eigenvalue weighted by atomic mass is 9.98. The molecule has 1 fully saturated rings. The maximum absolute atomic E-state index is 10.6. The molecule has 1 atom stereocenters. The average Bonchev–Trinajstić information content (AvgIpc) is 2.76. The van der Waals surface area contributed by atoms with Gasteiger partial charge in [-0.3, -0.25) is 9.69 Å². The molecule has 0 amide bonds. The number of piperidine rings is 1. The van der Waals surface area contributed by atoms with Crippen molar-refractivity contribution in [2.45, 2.75) is 39.2 Å². The number of thiazole rings is 1. The van der Waals surface area contributed by atoms with Crippen LogP contribution in [0.3, 0.4) is 0 Å². The van der Waals surface area contributed by atoms with Gasteiger partial charge in [-0.2, -0.15) is 0 Å². The summed E-state index contributed by atoms with van der Waals surface area (Å²) in [7, 11) is 0. The van der Waals surface area contributed by atoms with Gasteiger partial charge in [-0.05, 0) is 38.8 Å². The summed E-state index contributed by atoms with van der Waals surface area (Å²) in [4.78, 5) is 17.5. The molecular formula is C13H20N2O2S. The van der Waals surface area contributed by atoms with Crippen molar-refractivity contribution >= 4 is 17.3 Å². The second-order valence-electron chi connectivity index (χ2n) is 5.14. The largest absolute Gasteiger partial charge is 0.481 e. The van der Waals surface area contributed by atoms with E-state index in [2.05, 4.69) is 23.7 Å². The van der Waals surface area contributed by atoms with Gasteiger partial charge in [0.25, 0.3) is 0 Å². The van der Waals surface area contributed by atoms with Gasteiger partial charge in [0.05, 0.1) is 18.2 Å². The van der Waals surface area contributed by atoms with Crippen LogP contribution in [0.15, 0.2) is 5.38 Å². The van der Waals surface area contributed by atoms with Crippen molar-refractivity contribution in [2.75, 3.05) is 13.1 Å². The van der Waals surface area contributed by atoms with Gasteiger partial charge in [-0.15, -0.1) is 11.3 Å². The predicted molar refractivity (Wildman–Crippen MR) is 71.8 cm³/mol. The van der Waals surface area contributed by atoms with Crippen LogP contribution in [-0.2, 0) is 11.2 Å². The number of carboxylic acids is 1. The Kier molecular flexibility index (Phi) is 4.35. The van der Waals surface area contributed by atoms with Gasteiger partial charge in [-0.1, -0.05) is 6.92 Å². The number of likely N-dealkylation sites (tertiary alicyclic amines) is 1.